The second kappa shape index (κ2) is 14.6. The molecular weight excluding hydrogens is 634 g/mol. The molecule has 0 aromatic carbocycles. The number of likely N-dealkylation sites (tertiary alicyclic amines) is 1. The predicted octanol–water partition coefficient (Wildman–Crippen LogP) is 1.84. The molecule has 4 rings (SSSR count). The Hall–Kier alpha value is -3.71. The maximum Gasteiger partial charge on any atom is 0.325 e. The summed E-state index contributed by atoms with van der Waals surface area (Å²) in [6, 6.07) is -3.76. The van der Waals surface area contributed by atoms with Crippen molar-refractivity contribution < 1.29 is 43.0 Å². The summed E-state index contributed by atoms with van der Waals surface area (Å²) in [5, 5.41) is 10.5. The Kier molecular flexibility index (Phi) is 11.4. The number of rotatable bonds is 15. The monoisotopic (exact) mass is 689 g/mol. The number of Topliss-reactive ketones (excluding diaryl/α,β-unsaturated/α-hetero) is 1. The molecule has 3 aliphatic carbocycles. The molecule has 4 N–H and O–H groups in total. The number of hydrogen-bond acceptors (Lipinski definition) is 9. The highest BCUT2D eigenvalue weighted by Gasteiger charge is 2.70. The third-order valence-electron chi connectivity index (χ3n) is 9.88. The maximum absolute atomic E-state index is 14.2. The number of urea groups is 1. The van der Waals surface area contributed by atoms with Crippen molar-refractivity contribution in [3.63, 3.8) is 0 Å². The standard InChI is InChI=1S/C35H55N5O9/c1-33(2,3)28(39-32(47)37-16-24(42)48-18-20-11-12-20)31(46)40-17-21-25(35(21,7)8)26(40)29(44)38-22(15-19-9-10-19)27(43)30(45)36-14-13-23(41)49-34(4,5)6/h19-22,25-26,28H,9-18H2,1-8H3,(H,36,45)(H,38,44)(H2,37,39,47)/t21-,22?,25-,26-,28+/m0/s1. The zero-order valence-electron chi connectivity index (χ0n) is 30.2. The minimum absolute atomic E-state index is 0.0385. The summed E-state index contributed by atoms with van der Waals surface area (Å²) < 4.78 is 10.4. The number of ether oxygens (including phenoxy) is 2. The number of amides is 5. The van der Waals surface area contributed by atoms with Gasteiger partial charge in [-0.25, -0.2) is 4.79 Å². The Morgan fingerprint density at radius 1 is 0.857 bits per heavy atom. The van der Waals surface area contributed by atoms with Gasteiger partial charge in [-0.2, -0.15) is 0 Å². The first-order valence-electron chi connectivity index (χ1n) is 17.5. The van der Waals surface area contributed by atoms with Crippen LogP contribution in [-0.2, 0) is 38.2 Å². The van der Waals surface area contributed by atoms with Crippen LogP contribution in [0.15, 0.2) is 0 Å². The van der Waals surface area contributed by atoms with Gasteiger partial charge in [0, 0.05) is 13.1 Å². The number of nitrogens with zero attached hydrogens (tertiary/aromatic N) is 1. The van der Waals surface area contributed by atoms with E-state index >= 15 is 0 Å². The zero-order valence-corrected chi connectivity index (χ0v) is 30.2. The summed E-state index contributed by atoms with van der Waals surface area (Å²) in [6.45, 7) is 14.8. The molecule has 0 aromatic heterocycles. The number of fused-ring (bicyclic) bond motifs is 1. The lowest BCUT2D eigenvalue weighted by molar-refractivity contribution is -0.154. The van der Waals surface area contributed by atoms with Crippen molar-refractivity contribution in [3.05, 3.63) is 0 Å². The van der Waals surface area contributed by atoms with E-state index in [0.717, 1.165) is 25.7 Å². The molecule has 49 heavy (non-hydrogen) atoms. The van der Waals surface area contributed by atoms with Gasteiger partial charge < -0.3 is 35.6 Å². The van der Waals surface area contributed by atoms with Gasteiger partial charge in [0.2, 0.25) is 17.6 Å². The first-order chi connectivity index (χ1) is 22.7. The Labute approximate surface area is 288 Å². The first kappa shape index (κ1) is 38.1. The first-order valence-corrected chi connectivity index (χ1v) is 17.5. The van der Waals surface area contributed by atoms with Gasteiger partial charge in [0.05, 0.1) is 19.1 Å². The van der Waals surface area contributed by atoms with Gasteiger partial charge in [0.25, 0.3) is 5.91 Å². The molecule has 5 atom stereocenters. The van der Waals surface area contributed by atoms with Gasteiger partial charge in [0.15, 0.2) is 0 Å². The minimum Gasteiger partial charge on any atom is -0.464 e. The molecule has 1 aliphatic heterocycles. The third kappa shape index (κ3) is 10.4. The van der Waals surface area contributed by atoms with Crippen LogP contribution in [0.4, 0.5) is 4.79 Å². The molecular formula is C35H55N5O9. The van der Waals surface area contributed by atoms with Crippen molar-refractivity contribution in [1.82, 2.24) is 26.2 Å². The Morgan fingerprint density at radius 3 is 2.06 bits per heavy atom. The van der Waals surface area contributed by atoms with Crippen LogP contribution >= 0.6 is 0 Å². The highest BCUT2D eigenvalue weighted by Crippen LogP contribution is 2.65. The van der Waals surface area contributed by atoms with Crippen LogP contribution in [0.1, 0.15) is 93.9 Å². The molecule has 14 nitrogen and oxygen atoms in total. The lowest BCUT2D eigenvalue weighted by Gasteiger charge is -2.37. The Balaban J connectivity index is 1.41. The van der Waals surface area contributed by atoms with Gasteiger partial charge in [-0.3, -0.25) is 28.8 Å². The molecule has 4 fully saturated rings. The smallest absolute Gasteiger partial charge is 0.325 e. The second-order valence-electron chi connectivity index (χ2n) is 16.8. The molecule has 274 valence electrons. The highest BCUT2D eigenvalue weighted by molar-refractivity contribution is 6.38. The van der Waals surface area contributed by atoms with E-state index in [1.165, 1.54) is 4.90 Å². The Morgan fingerprint density at radius 2 is 1.49 bits per heavy atom. The van der Waals surface area contributed by atoms with Crippen molar-refractivity contribution in [3.8, 4) is 0 Å². The van der Waals surface area contributed by atoms with Crippen LogP contribution in [0.25, 0.3) is 0 Å². The van der Waals surface area contributed by atoms with E-state index in [1.54, 1.807) is 41.5 Å². The quantitative estimate of drug-likeness (QED) is 0.147. The summed E-state index contributed by atoms with van der Waals surface area (Å²) >= 11 is 0. The van der Waals surface area contributed by atoms with Gasteiger partial charge in [0.1, 0.15) is 24.2 Å². The molecule has 3 saturated carbocycles. The molecule has 1 unspecified atom stereocenters. The van der Waals surface area contributed by atoms with E-state index in [9.17, 15) is 33.6 Å². The molecule has 1 saturated heterocycles. The Bertz CT molecular complexity index is 1330. The van der Waals surface area contributed by atoms with Crippen molar-refractivity contribution in [1.29, 1.82) is 0 Å². The van der Waals surface area contributed by atoms with Crippen LogP contribution in [0, 0.1) is 34.5 Å². The minimum atomic E-state index is -1.10. The molecule has 0 bridgehead atoms. The molecule has 1 heterocycles. The average molecular weight is 690 g/mol. The lowest BCUT2D eigenvalue weighted by Crippen LogP contribution is -2.61. The summed E-state index contributed by atoms with van der Waals surface area (Å²) in [4.78, 5) is 92.8. The third-order valence-corrected chi connectivity index (χ3v) is 9.88. The summed E-state index contributed by atoms with van der Waals surface area (Å²) in [6.07, 6.45) is 3.98. The van der Waals surface area contributed by atoms with Crippen molar-refractivity contribution in [2.45, 2.75) is 118 Å². The van der Waals surface area contributed by atoms with Gasteiger partial charge in [-0.15, -0.1) is 0 Å². The molecule has 0 radical (unpaired) electrons. The van der Waals surface area contributed by atoms with E-state index in [4.69, 9.17) is 9.47 Å². The fraction of sp³-hybridized carbons (Fsp3) is 0.800. The van der Waals surface area contributed by atoms with Gasteiger partial charge in [-0.1, -0.05) is 47.5 Å². The number of esters is 2. The number of ketones is 1. The fourth-order valence-electron chi connectivity index (χ4n) is 6.60. The van der Waals surface area contributed by atoms with Gasteiger partial charge in [-0.05, 0) is 74.5 Å². The predicted molar refractivity (Wildman–Crippen MR) is 177 cm³/mol. The van der Waals surface area contributed by atoms with E-state index in [2.05, 4.69) is 21.3 Å². The SMILES string of the molecule is CC(C)(C)OC(=O)CCNC(=O)C(=O)C(CC1CC1)NC(=O)[C@@H]1[C@@H]2[C@H](CN1C(=O)[C@@H](NC(=O)NCC(=O)OCC1CC1)C(C)(C)C)C2(C)C. The summed E-state index contributed by atoms with van der Waals surface area (Å²) in [5.74, 6) is -3.33. The molecule has 5 amide bonds. The van der Waals surface area contributed by atoms with Crippen molar-refractivity contribution >= 4 is 41.5 Å². The number of nitrogens with one attached hydrogen (secondary N) is 4. The van der Waals surface area contributed by atoms with E-state index < -0.39 is 70.6 Å². The maximum atomic E-state index is 14.2. The molecule has 14 heteroatoms. The summed E-state index contributed by atoms with van der Waals surface area (Å²) in [5.41, 5.74) is -1.66. The van der Waals surface area contributed by atoms with Crippen LogP contribution < -0.4 is 21.3 Å². The van der Waals surface area contributed by atoms with Gasteiger partial charge >= 0.3 is 18.0 Å². The lowest BCUT2D eigenvalue weighted by atomic mass is 9.85. The number of hydrogen-bond donors (Lipinski definition) is 4. The van der Waals surface area contributed by atoms with Crippen LogP contribution in [0.5, 0.6) is 0 Å². The van der Waals surface area contributed by atoms with Crippen molar-refractivity contribution in [2.75, 3.05) is 26.2 Å². The van der Waals surface area contributed by atoms with E-state index in [0.29, 0.717) is 19.1 Å². The van der Waals surface area contributed by atoms with Crippen LogP contribution in [-0.4, -0.2) is 96.3 Å². The number of carbonyl (C=O) groups excluding carboxylic acids is 7. The average Bonchev–Trinajstić information content (AvgIpc) is 3.94. The fourth-order valence-corrected chi connectivity index (χ4v) is 6.60. The normalized spacial score (nSPS) is 23.7. The molecule has 4 aliphatic rings. The number of piperidine rings is 1. The van der Waals surface area contributed by atoms with E-state index in [-0.39, 0.29) is 49.1 Å². The number of carbonyl (C=O) groups is 7. The largest absolute Gasteiger partial charge is 0.464 e. The van der Waals surface area contributed by atoms with Crippen LogP contribution in [0.2, 0.25) is 0 Å². The molecule has 0 spiro atoms. The van der Waals surface area contributed by atoms with Crippen LogP contribution in [0.3, 0.4) is 0 Å². The topological polar surface area (TPSA) is 189 Å². The second-order valence-corrected chi connectivity index (χ2v) is 16.8. The zero-order chi connectivity index (χ0) is 36.5. The van der Waals surface area contributed by atoms with Crippen molar-refractivity contribution in [2.24, 2.45) is 34.5 Å². The van der Waals surface area contributed by atoms with E-state index in [1.807, 2.05) is 13.8 Å². The summed E-state index contributed by atoms with van der Waals surface area (Å²) in [7, 11) is 0. The molecule has 0 aromatic rings. The highest BCUT2D eigenvalue weighted by atomic mass is 16.6.